The maximum atomic E-state index is 12.8. The predicted molar refractivity (Wildman–Crippen MR) is 98.3 cm³/mol. The van der Waals surface area contributed by atoms with Crippen molar-refractivity contribution in [3.05, 3.63) is 59.2 Å². The molecule has 0 saturated carbocycles. The molecule has 0 unspecified atom stereocenters. The van der Waals surface area contributed by atoms with Crippen LogP contribution in [0.15, 0.2) is 42.5 Å². The number of carbonyl (C=O) groups excluding carboxylic acids is 1. The Bertz CT molecular complexity index is 782. The molecule has 0 aliphatic carbocycles. The van der Waals surface area contributed by atoms with Crippen molar-refractivity contribution >= 4 is 5.91 Å². The molecular weight excluding hydrogens is 314 g/mol. The lowest BCUT2D eigenvalue weighted by Gasteiger charge is -2.37. The Morgan fingerprint density at radius 2 is 2.04 bits per heavy atom. The number of ether oxygens (including phenoxy) is 2. The number of carbonyl (C=O) groups is 1. The van der Waals surface area contributed by atoms with Crippen molar-refractivity contribution in [2.75, 3.05) is 6.61 Å². The lowest BCUT2D eigenvalue weighted by atomic mass is 9.89. The van der Waals surface area contributed by atoms with E-state index in [1.807, 2.05) is 70.2 Å². The fourth-order valence-electron chi connectivity index (χ4n) is 3.28. The van der Waals surface area contributed by atoms with Crippen molar-refractivity contribution in [3.63, 3.8) is 0 Å². The minimum atomic E-state index is -0.318. The molecule has 3 rings (SSSR count). The second kappa shape index (κ2) is 6.79. The average Bonchev–Trinajstić information content (AvgIpc) is 2.55. The highest BCUT2D eigenvalue weighted by Crippen LogP contribution is 2.39. The molecule has 4 nitrogen and oxygen atoms in total. The van der Waals surface area contributed by atoms with Crippen molar-refractivity contribution in [1.29, 1.82) is 0 Å². The molecule has 25 heavy (non-hydrogen) atoms. The molecule has 0 spiro atoms. The standard InChI is InChI=1S/C21H25NO3/c1-5-24-18-11-10-15(12-14(18)2)20(23)22-17-13-21(3,4)25-19-9-7-6-8-16(17)19/h6-12,17H,5,13H2,1-4H3,(H,22,23)/t17-/m1/s1. The summed E-state index contributed by atoms with van der Waals surface area (Å²) in [6, 6.07) is 13.4. The predicted octanol–water partition coefficient (Wildman–Crippen LogP) is 4.43. The maximum absolute atomic E-state index is 12.8. The first-order valence-corrected chi connectivity index (χ1v) is 8.72. The summed E-state index contributed by atoms with van der Waals surface area (Å²) in [6.07, 6.45) is 0.728. The molecule has 0 bridgehead atoms. The number of para-hydroxylation sites is 1. The summed E-state index contributed by atoms with van der Waals surface area (Å²) in [5.41, 5.74) is 2.31. The molecule has 1 N–H and O–H groups in total. The second-order valence-corrected chi connectivity index (χ2v) is 7.04. The summed E-state index contributed by atoms with van der Waals surface area (Å²) in [5, 5.41) is 3.17. The van der Waals surface area contributed by atoms with Gasteiger partial charge in [-0.3, -0.25) is 4.79 Å². The fourth-order valence-corrected chi connectivity index (χ4v) is 3.28. The second-order valence-electron chi connectivity index (χ2n) is 7.04. The Balaban J connectivity index is 1.82. The van der Waals surface area contributed by atoms with Gasteiger partial charge in [-0.25, -0.2) is 0 Å². The normalized spacial score (nSPS) is 18.0. The number of amides is 1. The summed E-state index contributed by atoms with van der Waals surface area (Å²) in [6.45, 7) is 8.60. The van der Waals surface area contributed by atoms with Crippen molar-refractivity contribution < 1.29 is 14.3 Å². The van der Waals surface area contributed by atoms with Gasteiger partial charge in [-0.05, 0) is 57.5 Å². The number of fused-ring (bicyclic) bond motifs is 1. The van der Waals surface area contributed by atoms with Gasteiger partial charge < -0.3 is 14.8 Å². The van der Waals surface area contributed by atoms with E-state index in [1.165, 1.54) is 0 Å². The zero-order valence-electron chi connectivity index (χ0n) is 15.3. The number of rotatable bonds is 4. The van der Waals surface area contributed by atoms with Crippen LogP contribution in [-0.2, 0) is 0 Å². The summed E-state index contributed by atoms with van der Waals surface area (Å²) in [5.74, 6) is 1.58. The number of aryl methyl sites for hydroxylation is 1. The number of nitrogens with one attached hydrogen (secondary N) is 1. The largest absolute Gasteiger partial charge is 0.494 e. The molecule has 0 radical (unpaired) electrons. The van der Waals surface area contributed by atoms with Crippen molar-refractivity contribution in [3.8, 4) is 11.5 Å². The highest BCUT2D eigenvalue weighted by Gasteiger charge is 2.34. The van der Waals surface area contributed by atoms with E-state index >= 15 is 0 Å². The van der Waals surface area contributed by atoms with Crippen LogP contribution < -0.4 is 14.8 Å². The van der Waals surface area contributed by atoms with Crippen LogP contribution >= 0.6 is 0 Å². The van der Waals surface area contributed by atoms with Gasteiger partial charge in [0.15, 0.2) is 0 Å². The van der Waals surface area contributed by atoms with Gasteiger partial charge in [0.1, 0.15) is 17.1 Å². The summed E-state index contributed by atoms with van der Waals surface area (Å²) < 4.78 is 11.6. The SMILES string of the molecule is CCOc1ccc(C(=O)N[C@@H]2CC(C)(C)Oc3ccccc32)cc1C. The molecule has 2 aromatic rings. The maximum Gasteiger partial charge on any atom is 0.251 e. The van der Waals surface area contributed by atoms with Crippen LogP contribution in [0.2, 0.25) is 0 Å². The number of hydrogen-bond donors (Lipinski definition) is 1. The summed E-state index contributed by atoms with van der Waals surface area (Å²) in [4.78, 5) is 12.8. The van der Waals surface area contributed by atoms with Gasteiger partial charge >= 0.3 is 0 Å². The van der Waals surface area contributed by atoms with E-state index in [1.54, 1.807) is 0 Å². The first kappa shape index (κ1) is 17.3. The monoisotopic (exact) mass is 339 g/mol. The van der Waals surface area contributed by atoms with Crippen molar-refractivity contribution in [1.82, 2.24) is 5.32 Å². The van der Waals surface area contributed by atoms with Crippen LogP contribution in [0.3, 0.4) is 0 Å². The lowest BCUT2D eigenvalue weighted by Crippen LogP contribution is -2.41. The fraction of sp³-hybridized carbons (Fsp3) is 0.381. The number of benzene rings is 2. The molecule has 0 saturated heterocycles. The quantitative estimate of drug-likeness (QED) is 0.896. The third-order valence-electron chi connectivity index (χ3n) is 4.42. The zero-order valence-corrected chi connectivity index (χ0v) is 15.3. The molecule has 4 heteroatoms. The van der Waals surface area contributed by atoms with Gasteiger partial charge in [0.05, 0.1) is 12.6 Å². The van der Waals surface area contributed by atoms with Gasteiger partial charge in [0, 0.05) is 17.5 Å². The van der Waals surface area contributed by atoms with E-state index in [2.05, 4.69) is 5.32 Å². The molecule has 132 valence electrons. The zero-order chi connectivity index (χ0) is 18.0. The van der Waals surface area contributed by atoms with Gasteiger partial charge in [0.25, 0.3) is 5.91 Å². The highest BCUT2D eigenvalue weighted by molar-refractivity contribution is 5.95. The smallest absolute Gasteiger partial charge is 0.251 e. The van der Waals surface area contributed by atoms with E-state index in [4.69, 9.17) is 9.47 Å². The third-order valence-corrected chi connectivity index (χ3v) is 4.42. The highest BCUT2D eigenvalue weighted by atomic mass is 16.5. The van der Waals surface area contributed by atoms with Gasteiger partial charge in [-0.15, -0.1) is 0 Å². The average molecular weight is 339 g/mol. The minimum Gasteiger partial charge on any atom is -0.494 e. The Labute approximate surface area is 149 Å². The van der Waals surface area contributed by atoms with Crippen LogP contribution in [0.1, 0.15) is 54.7 Å². The van der Waals surface area contributed by atoms with Crippen LogP contribution in [0.4, 0.5) is 0 Å². The first-order valence-electron chi connectivity index (χ1n) is 8.72. The lowest BCUT2D eigenvalue weighted by molar-refractivity contribution is 0.0619. The van der Waals surface area contributed by atoms with Crippen LogP contribution in [0, 0.1) is 6.92 Å². The molecule has 1 aliphatic heterocycles. The van der Waals surface area contributed by atoms with Gasteiger partial charge in [-0.1, -0.05) is 18.2 Å². The van der Waals surface area contributed by atoms with E-state index in [9.17, 15) is 4.79 Å². The molecular formula is C21H25NO3. The van der Waals surface area contributed by atoms with Crippen LogP contribution in [0.25, 0.3) is 0 Å². The topological polar surface area (TPSA) is 47.6 Å². The van der Waals surface area contributed by atoms with Crippen molar-refractivity contribution in [2.24, 2.45) is 0 Å². The molecule has 0 aromatic heterocycles. The summed E-state index contributed by atoms with van der Waals surface area (Å²) in [7, 11) is 0. The first-order chi connectivity index (χ1) is 11.9. The van der Waals surface area contributed by atoms with Crippen molar-refractivity contribution in [2.45, 2.75) is 45.8 Å². The molecule has 1 amide bonds. The van der Waals surface area contributed by atoms with Crippen LogP contribution in [0.5, 0.6) is 11.5 Å². The Hall–Kier alpha value is -2.49. The minimum absolute atomic E-state index is 0.0701. The summed E-state index contributed by atoms with van der Waals surface area (Å²) >= 11 is 0. The molecule has 1 aliphatic rings. The van der Waals surface area contributed by atoms with E-state index in [0.717, 1.165) is 29.0 Å². The van der Waals surface area contributed by atoms with Gasteiger partial charge in [-0.2, -0.15) is 0 Å². The third kappa shape index (κ3) is 3.78. The van der Waals surface area contributed by atoms with Gasteiger partial charge in [0.2, 0.25) is 0 Å². The molecule has 2 aromatic carbocycles. The Kier molecular flexibility index (Phi) is 4.71. The number of hydrogen-bond acceptors (Lipinski definition) is 3. The molecule has 1 atom stereocenters. The van der Waals surface area contributed by atoms with E-state index in [0.29, 0.717) is 12.2 Å². The Morgan fingerprint density at radius 1 is 1.28 bits per heavy atom. The Morgan fingerprint density at radius 3 is 2.76 bits per heavy atom. The molecule has 1 heterocycles. The van der Waals surface area contributed by atoms with Crippen LogP contribution in [-0.4, -0.2) is 18.1 Å². The van der Waals surface area contributed by atoms with E-state index in [-0.39, 0.29) is 17.6 Å². The van der Waals surface area contributed by atoms with E-state index < -0.39 is 0 Å². The molecule has 0 fully saturated rings.